The molecule has 3 atom stereocenters. The number of benzene rings is 2. The zero-order valence-corrected chi connectivity index (χ0v) is 14.7. The number of amides is 1. The molecule has 3 unspecified atom stereocenters. The van der Waals surface area contributed by atoms with E-state index in [4.69, 9.17) is 18.9 Å². The standard InChI is InChI=1S/C21H19NO5/c23-20-21(13-5-1-2-6-15(13)22-20)11-25-16-10-18-17(9-14(16)21)26-19(27-18)8-12-4-3-7-24-12/h1-2,5-6,9-10,12,19H,3-4,7-8,11H2,(H,22,23). The molecule has 1 spiro atoms. The maximum atomic E-state index is 12.9. The molecule has 138 valence electrons. The summed E-state index contributed by atoms with van der Waals surface area (Å²) in [6, 6.07) is 11.5. The molecule has 0 aliphatic carbocycles. The van der Waals surface area contributed by atoms with E-state index in [0.29, 0.717) is 23.7 Å². The average molecular weight is 365 g/mol. The predicted octanol–water partition coefficient (Wildman–Crippen LogP) is 2.98. The Labute approximate surface area is 156 Å². The van der Waals surface area contributed by atoms with E-state index in [1.807, 2.05) is 36.4 Å². The highest BCUT2D eigenvalue weighted by atomic mass is 16.7. The number of nitrogens with one attached hydrogen (secondary N) is 1. The molecule has 2 aromatic carbocycles. The molecule has 0 saturated carbocycles. The van der Waals surface area contributed by atoms with E-state index in [9.17, 15) is 4.79 Å². The van der Waals surface area contributed by atoms with Crippen molar-refractivity contribution >= 4 is 11.6 Å². The Bertz CT molecular complexity index is 952. The van der Waals surface area contributed by atoms with Crippen LogP contribution in [-0.2, 0) is 14.9 Å². The quantitative estimate of drug-likeness (QED) is 0.886. The lowest BCUT2D eigenvalue weighted by atomic mass is 9.77. The molecule has 6 heteroatoms. The molecule has 4 heterocycles. The first-order chi connectivity index (χ1) is 13.2. The minimum absolute atomic E-state index is 0.0581. The number of hydrogen-bond acceptors (Lipinski definition) is 5. The topological polar surface area (TPSA) is 66.0 Å². The third kappa shape index (κ3) is 2.07. The van der Waals surface area contributed by atoms with Gasteiger partial charge in [-0.3, -0.25) is 4.79 Å². The maximum Gasteiger partial charge on any atom is 0.244 e. The Morgan fingerprint density at radius 3 is 2.78 bits per heavy atom. The van der Waals surface area contributed by atoms with Gasteiger partial charge < -0.3 is 24.3 Å². The van der Waals surface area contributed by atoms with E-state index in [1.54, 1.807) is 0 Å². The normalized spacial score (nSPS) is 29.6. The van der Waals surface area contributed by atoms with Gasteiger partial charge in [-0.05, 0) is 30.5 Å². The molecule has 0 aromatic heterocycles. The van der Waals surface area contributed by atoms with Crippen molar-refractivity contribution in [2.45, 2.75) is 37.1 Å². The lowest BCUT2D eigenvalue weighted by molar-refractivity contribution is -0.119. The number of rotatable bonds is 2. The molecule has 1 fully saturated rings. The monoisotopic (exact) mass is 365 g/mol. The minimum Gasteiger partial charge on any atom is -0.491 e. The highest BCUT2D eigenvalue weighted by Crippen LogP contribution is 2.53. The summed E-state index contributed by atoms with van der Waals surface area (Å²) in [6.45, 7) is 1.09. The zero-order chi connectivity index (χ0) is 18.0. The fourth-order valence-corrected chi connectivity index (χ4v) is 4.62. The molecule has 27 heavy (non-hydrogen) atoms. The van der Waals surface area contributed by atoms with E-state index in [0.717, 1.165) is 36.3 Å². The van der Waals surface area contributed by atoms with Crippen molar-refractivity contribution in [3.05, 3.63) is 47.5 Å². The molecule has 0 bridgehead atoms. The van der Waals surface area contributed by atoms with Crippen LogP contribution in [0.5, 0.6) is 17.2 Å². The first-order valence-corrected chi connectivity index (χ1v) is 9.41. The van der Waals surface area contributed by atoms with Crippen LogP contribution in [0.2, 0.25) is 0 Å². The Balaban J connectivity index is 1.37. The Morgan fingerprint density at radius 2 is 1.93 bits per heavy atom. The molecule has 4 aliphatic heterocycles. The van der Waals surface area contributed by atoms with E-state index in [1.165, 1.54) is 0 Å². The molecule has 4 aliphatic rings. The number of fused-ring (bicyclic) bond motifs is 5. The summed E-state index contributed by atoms with van der Waals surface area (Å²) in [5.74, 6) is 1.96. The fraction of sp³-hybridized carbons (Fsp3) is 0.381. The van der Waals surface area contributed by atoms with Gasteiger partial charge in [-0.25, -0.2) is 0 Å². The Morgan fingerprint density at radius 1 is 1.07 bits per heavy atom. The van der Waals surface area contributed by atoms with E-state index >= 15 is 0 Å². The van der Waals surface area contributed by atoms with Gasteiger partial charge in [-0.1, -0.05) is 18.2 Å². The van der Waals surface area contributed by atoms with Crippen LogP contribution < -0.4 is 19.5 Å². The van der Waals surface area contributed by atoms with Gasteiger partial charge in [0.1, 0.15) is 17.8 Å². The van der Waals surface area contributed by atoms with Gasteiger partial charge in [0.15, 0.2) is 11.5 Å². The summed E-state index contributed by atoms with van der Waals surface area (Å²) in [4.78, 5) is 12.9. The molecule has 1 amide bonds. The average Bonchev–Trinajstić information content (AvgIpc) is 3.42. The van der Waals surface area contributed by atoms with Crippen molar-refractivity contribution in [3.8, 4) is 17.2 Å². The van der Waals surface area contributed by atoms with E-state index in [-0.39, 0.29) is 24.9 Å². The third-order valence-corrected chi connectivity index (χ3v) is 5.97. The summed E-state index contributed by atoms with van der Waals surface area (Å²) in [5, 5.41) is 2.99. The molecule has 0 radical (unpaired) electrons. The molecule has 6 rings (SSSR count). The van der Waals surface area contributed by atoms with Crippen molar-refractivity contribution in [2.24, 2.45) is 0 Å². The second-order valence-electron chi connectivity index (χ2n) is 7.52. The maximum absolute atomic E-state index is 12.9. The van der Waals surface area contributed by atoms with Crippen LogP contribution in [0, 0.1) is 0 Å². The number of para-hydroxylation sites is 1. The molecular weight excluding hydrogens is 346 g/mol. The molecule has 1 N–H and O–H groups in total. The van der Waals surface area contributed by atoms with Crippen LogP contribution >= 0.6 is 0 Å². The first kappa shape index (κ1) is 15.3. The van der Waals surface area contributed by atoms with Crippen molar-refractivity contribution in [1.82, 2.24) is 0 Å². The summed E-state index contributed by atoms with van der Waals surface area (Å²) < 4.78 is 23.6. The van der Waals surface area contributed by atoms with Gasteiger partial charge in [0.05, 0.1) is 6.10 Å². The zero-order valence-electron chi connectivity index (χ0n) is 14.7. The van der Waals surface area contributed by atoms with Gasteiger partial charge in [0, 0.05) is 30.3 Å². The lowest BCUT2D eigenvalue weighted by Gasteiger charge is -2.20. The highest BCUT2D eigenvalue weighted by Gasteiger charge is 2.54. The third-order valence-electron chi connectivity index (χ3n) is 5.97. The van der Waals surface area contributed by atoms with Gasteiger partial charge in [0.25, 0.3) is 0 Å². The van der Waals surface area contributed by atoms with E-state index < -0.39 is 5.41 Å². The largest absolute Gasteiger partial charge is 0.491 e. The predicted molar refractivity (Wildman–Crippen MR) is 96.4 cm³/mol. The fourth-order valence-electron chi connectivity index (χ4n) is 4.62. The van der Waals surface area contributed by atoms with Crippen LogP contribution in [0.4, 0.5) is 5.69 Å². The first-order valence-electron chi connectivity index (χ1n) is 9.41. The molecular formula is C21H19NO5. The molecule has 1 saturated heterocycles. The number of hydrogen-bond donors (Lipinski definition) is 1. The van der Waals surface area contributed by atoms with Gasteiger partial charge >= 0.3 is 0 Å². The van der Waals surface area contributed by atoms with Crippen molar-refractivity contribution in [3.63, 3.8) is 0 Å². The van der Waals surface area contributed by atoms with Crippen LogP contribution in [0.15, 0.2) is 36.4 Å². The summed E-state index contributed by atoms with van der Waals surface area (Å²) in [6.07, 6.45) is 2.66. The van der Waals surface area contributed by atoms with Crippen molar-refractivity contribution < 1.29 is 23.7 Å². The minimum atomic E-state index is -0.822. The Kier molecular flexibility index (Phi) is 3.06. The second-order valence-corrected chi connectivity index (χ2v) is 7.52. The second kappa shape index (κ2) is 5.39. The number of anilines is 1. The van der Waals surface area contributed by atoms with Gasteiger partial charge in [-0.15, -0.1) is 0 Å². The molecule has 6 nitrogen and oxygen atoms in total. The van der Waals surface area contributed by atoms with Crippen molar-refractivity contribution in [2.75, 3.05) is 18.5 Å². The number of carbonyl (C=O) groups is 1. The lowest BCUT2D eigenvalue weighted by Crippen LogP contribution is -2.37. The van der Waals surface area contributed by atoms with Crippen LogP contribution in [0.3, 0.4) is 0 Å². The van der Waals surface area contributed by atoms with Crippen LogP contribution in [-0.4, -0.2) is 31.5 Å². The van der Waals surface area contributed by atoms with Gasteiger partial charge in [-0.2, -0.15) is 0 Å². The summed E-state index contributed by atoms with van der Waals surface area (Å²) in [5.41, 5.74) is 1.80. The Hall–Kier alpha value is -2.73. The van der Waals surface area contributed by atoms with Crippen LogP contribution in [0.1, 0.15) is 30.4 Å². The highest BCUT2D eigenvalue weighted by molar-refractivity contribution is 6.09. The van der Waals surface area contributed by atoms with E-state index in [2.05, 4.69) is 5.32 Å². The number of carbonyl (C=O) groups excluding carboxylic acids is 1. The van der Waals surface area contributed by atoms with Crippen LogP contribution in [0.25, 0.3) is 0 Å². The summed E-state index contributed by atoms with van der Waals surface area (Å²) in [7, 11) is 0. The van der Waals surface area contributed by atoms with Crippen molar-refractivity contribution in [1.29, 1.82) is 0 Å². The number of ether oxygens (including phenoxy) is 4. The SMILES string of the molecule is O=C1Nc2ccccc2C12COc1cc3c(cc12)OC(CC1CCCO1)O3. The van der Waals surface area contributed by atoms with Gasteiger partial charge in [0.2, 0.25) is 12.2 Å². The summed E-state index contributed by atoms with van der Waals surface area (Å²) >= 11 is 0. The molecule has 2 aromatic rings. The smallest absolute Gasteiger partial charge is 0.244 e.